The fourth-order valence-corrected chi connectivity index (χ4v) is 1.000. The second-order valence-corrected chi connectivity index (χ2v) is 16.8. The van der Waals surface area contributed by atoms with Crippen LogP contribution in [-0.4, -0.2) is 0 Å². The van der Waals surface area contributed by atoms with Crippen LogP contribution in [0.5, 0.6) is 0 Å². The van der Waals surface area contributed by atoms with E-state index >= 15 is 0 Å². The molecule has 0 N–H and O–H groups in total. The summed E-state index contributed by atoms with van der Waals surface area (Å²) >= 11 is 0. The van der Waals surface area contributed by atoms with Crippen molar-refractivity contribution < 1.29 is 0 Å². The lowest BCUT2D eigenvalue weighted by Gasteiger charge is -1.86. The van der Waals surface area contributed by atoms with Gasteiger partial charge in [-0.25, -0.2) is 0 Å². The molecular formula is C107H294. The first-order valence-corrected chi connectivity index (χ1v) is 51.7. The van der Waals surface area contributed by atoms with Crippen LogP contribution in [0, 0.1) is 0 Å². The molecule has 0 bridgehead atoms. The van der Waals surface area contributed by atoms with E-state index in [1.54, 1.807) is 0 Å². The number of hydrogen-bond acceptors (Lipinski definition) is 0. The summed E-state index contributed by atoms with van der Waals surface area (Å²) < 4.78 is 0. The molecule has 722 valence electrons. The molecule has 0 aromatic carbocycles. The maximum atomic E-state index is 2.23. The van der Waals surface area contributed by atoms with Crippen molar-refractivity contribution in [2.45, 2.75) is 727 Å². The maximum absolute atomic E-state index is 2.23. The van der Waals surface area contributed by atoms with E-state index in [0.717, 1.165) is 0 Å². The fraction of sp³-hybridized carbons (Fsp3) is 1.00. The van der Waals surface area contributed by atoms with Gasteiger partial charge in [0, 0.05) is 0 Å². The summed E-state index contributed by atoms with van der Waals surface area (Å²) in [6, 6.07) is 0. The Bertz CT molecular complexity index is 160. The van der Waals surface area contributed by atoms with Gasteiger partial charge in [0.25, 0.3) is 0 Å². The molecule has 0 heteroatoms. The first-order chi connectivity index (χ1) is 51.7. The van der Waals surface area contributed by atoms with E-state index in [4.69, 9.17) is 0 Å². The van der Waals surface area contributed by atoms with E-state index in [1.807, 2.05) is 263 Å². The average Bonchev–Trinajstić information content (AvgIpc) is 3.79. The van der Waals surface area contributed by atoms with Crippen LogP contribution in [0.3, 0.4) is 0 Å². The Labute approximate surface area is 723 Å². The van der Waals surface area contributed by atoms with Crippen LogP contribution >= 0.6 is 0 Å². The largest absolute Gasteiger partial charge is 0.0683 e. The summed E-state index contributed by atoms with van der Waals surface area (Å²) in [5.41, 5.74) is 0. The second kappa shape index (κ2) is 1600. The molecule has 0 radical (unpaired) electrons. The molecule has 0 amide bonds. The molecule has 0 nitrogen and oxygen atoms in total. The van der Waals surface area contributed by atoms with Gasteiger partial charge in [0.2, 0.25) is 0 Å². The minimum atomic E-state index is 1.25. The molecular weight excluding hydrogens is 1290 g/mol. The molecule has 0 heterocycles. The monoisotopic (exact) mass is 1580 g/mol. The van der Waals surface area contributed by atoms with Gasteiger partial charge in [-0.2, -0.15) is 0 Å². The first-order valence-electron chi connectivity index (χ1n) is 51.7. The van der Waals surface area contributed by atoms with Crippen LogP contribution in [0.1, 0.15) is 727 Å². The lowest BCUT2D eigenvalue weighted by Crippen LogP contribution is -1.66. The Morgan fingerprint density at radius 3 is 0.0935 bits per heavy atom. The van der Waals surface area contributed by atoms with Crippen LogP contribution in [0.2, 0.25) is 0 Å². The van der Waals surface area contributed by atoms with Crippen molar-refractivity contribution in [3.63, 3.8) is 0 Å². The quantitative estimate of drug-likeness (QED) is 0.233. The summed E-state index contributed by atoms with van der Waals surface area (Å²) in [6.07, 6.45) is 34.8. The predicted molar refractivity (Wildman–Crippen MR) is 579 cm³/mol. The zero-order valence-corrected chi connectivity index (χ0v) is 99.1. The van der Waals surface area contributed by atoms with Crippen LogP contribution < -0.4 is 0 Å². The highest BCUT2D eigenvalue weighted by atomic mass is 13.8. The summed E-state index contributed by atoms with van der Waals surface area (Å²) in [5, 5.41) is 0. The van der Waals surface area contributed by atoms with Gasteiger partial charge in [0.05, 0.1) is 0 Å². The maximum Gasteiger partial charge on any atom is -0.0536 e. The van der Waals surface area contributed by atoms with Gasteiger partial charge in [0.15, 0.2) is 0 Å². The molecule has 0 atom stereocenters. The first kappa shape index (κ1) is 268. The third-order valence-electron chi connectivity index (χ3n) is 1.91. The Balaban J connectivity index is -0.0000000114. The Kier molecular flexibility index (Phi) is 4010. The molecule has 0 fully saturated rings. The highest BCUT2D eigenvalue weighted by molar-refractivity contribution is 4.32. The minimum Gasteiger partial charge on any atom is -0.0683 e. The lowest BCUT2D eigenvalue weighted by molar-refractivity contribution is 0.702. The molecule has 0 spiro atoms. The Morgan fingerprint density at radius 1 is 0.0654 bits per heavy atom. The molecule has 0 aromatic rings. The molecule has 0 saturated carbocycles. The van der Waals surface area contributed by atoms with E-state index in [1.165, 1.54) is 173 Å². The summed E-state index contributed by atoms with van der Waals surface area (Å²) in [4.78, 5) is 0. The zero-order chi connectivity index (χ0) is 99.1. The molecule has 0 unspecified atom stereocenters. The molecule has 0 aromatic heterocycles. The molecule has 0 rings (SSSR count). The van der Waals surface area contributed by atoms with Crippen molar-refractivity contribution in [1.29, 1.82) is 0 Å². The van der Waals surface area contributed by atoms with Gasteiger partial charge < -0.3 is 0 Å². The minimum absolute atomic E-state index is 1.25. The fourth-order valence-electron chi connectivity index (χ4n) is 1.000. The average molecular weight is 1580 g/mol. The second-order valence-electron chi connectivity index (χ2n) is 16.8. The van der Waals surface area contributed by atoms with Gasteiger partial charge >= 0.3 is 0 Å². The molecule has 107 heavy (non-hydrogen) atoms. The summed E-state index contributed by atoms with van der Waals surface area (Å²) in [5.74, 6) is 0. The number of rotatable bonds is 6. The molecule has 0 aliphatic carbocycles. The van der Waals surface area contributed by atoms with Gasteiger partial charge in [0.1, 0.15) is 0 Å². The Morgan fingerprint density at radius 2 is 0.0841 bits per heavy atom. The van der Waals surface area contributed by atoms with E-state index < -0.39 is 0 Å². The SMILES string of the molecule is CC.CC.CC.CC.CC.CC.CC.CC.CC.CC.CC.CC.CC.CC.CC.CC.CC.CC.CC.CCC.CCC.CCC.CCC.CCC.CCC.CCC.CCC.CCC.CCC.CCC.CCC.CCC.CCC.CCC.CCC.CCC.CCC.CCC.CCCCCC.CCCCCC. The predicted octanol–water partition coefficient (Wildman–Crippen LogP) is 51.6. The lowest BCUT2D eigenvalue weighted by atomic mass is 10.2. The smallest absolute Gasteiger partial charge is 0.0536 e. The molecule has 0 saturated heterocycles. The molecule has 0 aliphatic rings. The van der Waals surface area contributed by atoms with Crippen molar-refractivity contribution in [2.75, 3.05) is 0 Å². The third-order valence-corrected chi connectivity index (χ3v) is 1.91. The van der Waals surface area contributed by atoms with Crippen molar-refractivity contribution in [2.24, 2.45) is 0 Å². The van der Waals surface area contributed by atoms with Crippen molar-refractivity contribution >= 4 is 0 Å². The number of unbranched alkanes of at least 4 members (excludes halogenated alkanes) is 6. The number of hydrogen-bond donors (Lipinski definition) is 0. The summed E-state index contributed by atoms with van der Waals surface area (Å²) in [7, 11) is 0. The van der Waals surface area contributed by atoms with Crippen LogP contribution in [0.15, 0.2) is 0 Å². The van der Waals surface area contributed by atoms with Gasteiger partial charge in [-0.05, 0) is 0 Å². The summed E-state index contributed by atoms with van der Waals surface area (Å²) in [6.45, 7) is 166. The van der Waals surface area contributed by atoms with E-state index in [0.29, 0.717) is 0 Å². The Hall–Kier alpha value is 0. The molecule has 0 aliphatic heterocycles. The van der Waals surface area contributed by atoms with E-state index in [2.05, 4.69) is 291 Å². The van der Waals surface area contributed by atoms with Gasteiger partial charge in [-0.15, -0.1) is 0 Å². The van der Waals surface area contributed by atoms with Crippen molar-refractivity contribution in [3.05, 3.63) is 0 Å². The van der Waals surface area contributed by atoms with Crippen LogP contribution in [-0.2, 0) is 0 Å². The van der Waals surface area contributed by atoms with E-state index in [-0.39, 0.29) is 0 Å². The van der Waals surface area contributed by atoms with Crippen LogP contribution in [0.25, 0.3) is 0 Å². The van der Waals surface area contributed by atoms with E-state index in [9.17, 15) is 0 Å². The van der Waals surface area contributed by atoms with Gasteiger partial charge in [-0.3, -0.25) is 0 Å². The zero-order valence-electron chi connectivity index (χ0n) is 99.1. The van der Waals surface area contributed by atoms with Crippen molar-refractivity contribution in [3.8, 4) is 0 Å². The topological polar surface area (TPSA) is 0 Å². The third kappa shape index (κ3) is 31800. The van der Waals surface area contributed by atoms with Crippen molar-refractivity contribution in [1.82, 2.24) is 0 Å². The standard InChI is InChI=1S/2C6H14.19C3H8.19C2H6/c2*1-3-5-6-4-2;19*1-3-2;19*1-2/h2*3-6H2,1-2H3;19*3H2,1-2H3;19*1-2H3. The van der Waals surface area contributed by atoms with Gasteiger partial charge in [-0.1, -0.05) is 727 Å². The highest BCUT2D eigenvalue weighted by Crippen LogP contribution is 1.96. The van der Waals surface area contributed by atoms with Crippen LogP contribution in [0.4, 0.5) is 0 Å². The normalized spacial score (nSPS) is 5.27. The highest BCUT2D eigenvalue weighted by Gasteiger charge is 1.76.